The van der Waals surface area contributed by atoms with Crippen LogP contribution in [0.4, 0.5) is 5.69 Å². The molecule has 0 aliphatic rings. The number of benzene rings is 2. The molecule has 25 heavy (non-hydrogen) atoms. The minimum absolute atomic E-state index is 0.0183. The smallest absolute Gasteiger partial charge is 0.269 e. The molecule has 0 aromatic heterocycles. The van der Waals surface area contributed by atoms with Crippen LogP contribution in [0.2, 0.25) is 5.02 Å². The zero-order valence-corrected chi connectivity index (χ0v) is 14.6. The van der Waals surface area contributed by atoms with Crippen molar-refractivity contribution < 1.29 is 14.5 Å². The number of carbonyl (C=O) groups is 2. The van der Waals surface area contributed by atoms with E-state index in [0.29, 0.717) is 15.5 Å². The number of non-ortho nitro benzene ring substituents is 1. The fraction of sp³-hybridized carbons (Fsp3) is 0.125. The maximum absolute atomic E-state index is 12.0. The molecule has 0 aliphatic heterocycles. The van der Waals surface area contributed by atoms with E-state index >= 15 is 0 Å². The van der Waals surface area contributed by atoms with Crippen LogP contribution < -0.4 is 10.9 Å². The number of rotatable bonds is 5. The van der Waals surface area contributed by atoms with Crippen molar-refractivity contribution in [2.75, 3.05) is 0 Å². The van der Waals surface area contributed by atoms with Gasteiger partial charge in [0.05, 0.1) is 10.2 Å². The third kappa shape index (κ3) is 5.47. The van der Waals surface area contributed by atoms with Gasteiger partial charge < -0.3 is 0 Å². The van der Waals surface area contributed by atoms with Crippen LogP contribution in [0.15, 0.2) is 53.4 Å². The molecule has 2 aromatic rings. The molecule has 7 nitrogen and oxygen atoms in total. The number of halogens is 1. The van der Waals surface area contributed by atoms with Gasteiger partial charge in [0.15, 0.2) is 0 Å². The van der Waals surface area contributed by atoms with Gasteiger partial charge in [-0.05, 0) is 37.3 Å². The molecule has 0 aliphatic carbocycles. The molecule has 1 atom stereocenters. The van der Waals surface area contributed by atoms with Crippen LogP contribution in [-0.4, -0.2) is 22.0 Å². The maximum Gasteiger partial charge on any atom is 0.269 e. The van der Waals surface area contributed by atoms with E-state index in [4.69, 9.17) is 11.6 Å². The number of nitro benzene ring substituents is 1. The predicted molar refractivity (Wildman–Crippen MR) is 95.5 cm³/mol. The summed E-state index contributed by atoms with van der Waals surface area (Å²) in [6.07, 6.45) is 0. The number of nitro groups is 1. The van der Waals surface area contributed by atoms with E-state index in [1.165, 1.54) is 30.0 Å². The van der Waals surface area contributed by atoms with E-state index in [-0.39, 0.29) is 5.69 Å². The molecule has 0 heterocycles. The van der Waals surface area contributed by atoms with Gasteiger partial charge in [0.2, 0.25) is 0 Å². The molecule has 0 fully saturated rings. The fourth-order valence-corrected chi connectivity index (χ4v) is 2.88. The van der Waals surface area contributed by atoms with E-state index in [9.17, 15) is 19.7 Å². The highest BCUT2D eigenvalue weighted by Crippen LogP contribution is 2.25. The Morgan fingerprint density at radius 2 is 1.84 bits per heavy atom. The number of thioether (sulfide) groups is 1. The molecule has 9 heteroatoms. The van der Waals surface area contributed by atoms with Gasteiger partial charge in [-0.3, -0.25) is 30.6 Å². The van der Waals surface area contributed by atoms with Gasteiger partial charge in [0.25, 0.3) is 17.5 Å². The summed E-state index contributed by atoms with van der Waals surface area (Å²) in [6, 6.07) is 12.2. The average Bonchev–Trinajstić information content (AvgIpc) is 2.59. The Bertz CT molecular complexity index is 798. The van der Waals surface area contributed by atoms with E-state index in [0.717, 1.165) is 0 Å². The highest BCUT2D eigenvalue weighted by Gasteiger charge is 2.16. The van der Waals surface area contributed by atoms with Crippen LogP contribution in [0.25, 0.3) is 0 Å². The first-order chi connectivity index (χ1) is 11.9. The second-order valence-corrected chi connectivity index (χ2v) is 6.82. The van der Waals surface area contributed by atoms with Crippen LogP contribution in [-0.2, 0) is 4.79 Å². The Morgan fingerprint density at radius 3 is 2.44 bits per heavy atom. The Morgan fingerprint density at radius 1 is 1.16 bits per heavy atom. The molecule has 1 unspecified atom stereocenters. The van der Waals surface area contributed by atoms with Crippen LogP contribution >= 0.6 is 23.4 Å². The predicted octanol–water partition coefficient (Wildman–Crippen LogP) is 3.19. The lowest BCUT2D eigenvalue weighted by Crippen LogP contribution is -2.44. The van der Waals surface area contributed by atoms with Crippen molar-refractivity contribution in [1.82, 2.24) is 10.9 Å². The molecular formula is C16H14ClN3O4S. The number of carbonyl (C=O) groups excluding carboxylic acids is 2. The molecule has 2 amide bonds. The molecule has 0 saturated carbocycles. The van der Waals surface area contributed by atoms with Crippen LogP contribution in [0, 0.1) is 10.1 Å². The average molecular weight is 380 g/mol. The Hall–Kier alpha value is -2.58. The monoisotopic (exact) mass is 379 g/mol. The van der Waals surface area contributed by atoms with E-state index in [1.54, 1.807) is 37.3 Å². The minimum atomic E-state index is -0.513. The fourth-order valence-electron chi connectivity index (χ4n) is 1.83. The largest absolute Gasteiger partial charge is 0.272 e. The zero-order chi connectivity index (χ0) is 18.4. The number of hydrazine groups is 1. The van der Waals surface area contributed by atoms with Crippen LogP contribution in [0.5, 0.6) is 0 Å². The normalized spacial score (nSPS) is 11.4. The van der Waals surface area contributed by atoms with Gasteiger partial charge >= 0.3 is 0 Å². The van der Waals surface area contributed by atoms with Crippen molar-refractivity contribution in [3.63, 3.8) is 0 Å². The van der Waals surface area contributed by atoms with Crippen molar-refractivity contribution in [2.45, 2.75) is 17.1 Å². The molecule has 2 N–H and O–H groups in total. The number of hydrogen-bond donors (Lipinski definition) is 2. The van der Waals surface area contributed by atoms with Crippen molar-refractivity contribution in [2.24, 2.45) is 0 Å². The lowest BCUT2D eigenvalue weighted by atomic mass is 10.2. The number of nitrogens with zero attached hydrogens (tertiary/aromatic N) is 1. The van der Waals surface area contributed by atoms with Gasteiger partial charge in [-0.1, -0.05) is 17.7 Å². The molecule has 130 valence electrons. The molecule has 0 radical (unpaired) electrons. The topological polar surface area (TPSA) is 101 Å². The summed E-state index contributed by atoms with van der Waals surface area (Å²) < 4.78 is 0. The summed E-state index contributed by atoms with van der Waals surface area (Å²) in [5, 5.41) is 10.5. The molecule has 0 spiro atoms. The van der Waals surface area contributed by atoms with E-state index in [1.807, 2.05) is 0 Å². The van der Waals surface area contributed by atoms with Crippen molar-refractivity contribution in [3.05, 3.63) is 69.2 Å². The lowest BCUT2D eigenvalue weighted by molar-refractivity contribution is -0.384. The van der Waals surface area contributed by atoms with Crippen molar-refractivity contribution >= 4 is 40.9 Å². The van der Waals surface area contributed by atoms with E-state index < -0.39 is 22.0 Å². The van der Waals surface area contributed by atoms with Crippen molar-refractivity contribution in [1.29, 1.82) is 0 Å². The van der Waals surface area contributed by atoms with E-state index in [2.05, 4.69) is 10.9 Å². The van der Waals surface area contributed by atoms with Gasteiger partial charge in [-0.15, -0.1) is 11.8 Å². The summed E-state index contributed by atoms with van der Waals surface area (Å²) in [7, 11) is 0. The Balaban J connectivity index is 1.87. The van der Waals surface area contributed by atoms with Gasteiger partial charge in [-0.25, -0.2) is 0 Å². The summed E-state index contributed by atoms with van der Waals surface area (Å²) >= 11 is 7.03. The molecule has 0 saturated heterocycles. The van der Waals surface area contributed by atoms with Gasteiger partial charge in [-0.2, -0.15) is 0 Å². The summed E-state index contributed by atoms with van der Waals surface area (Å²) in [5.41, 5.74) is 4.96. The molecule has 0 bridgehead atoms. The second-order valence-electron chi connectivity index (χ2n) is 4.96. The Labute approximate surface area is 152 Å². The lowest BCUT2D eigenvalue weighted by Gasteiger charge is -2.12. The first-order valence-corrected chi connectivity index (χ1v) is 8.39. The first kappa shape index (κ1) is 18.8. The SMILES string of the molecule is CC(Sc1ccc([N+](=O)[O-])cc1)C(=O)NNC(=O)c1cccc(Cl)c1. The number of hydrogen-bond acceptors (Lipinski definition) is 5. The summed E-state index contributed by atoms with van der Waals surface area (Å²) in [5.74, 6) is -0.887. The second kappa shape index (κ2) is 8.50. The first-order valence-electron chi connectivity index (χ1n) is 7.13. The Kier molecular flexibility index (Phi) is 6.37. The third-order valence-electron chi connectivity index (χ3n) is 3.12. The van der Waals surface area contributed by atoms with Crippen molar-refractivity contribution in [3.8, 4) is 0 Å². The summed E-state index contributed by atoms with van der Waals surface area (Å²) in [4.78, 5) is 34.8. The van der Waals surface area contributed by atoms with Gasteiger partial charge in [0, 0.05) is 27.6 Å². The quantitative estimate of drug-likeness (QED) is 0.472. The van der Waals surface area contributed by atoms with Gasteiger partial charge in [0.1, 0.15) is 0 Å². The highest BCUT2D eigenvalue weighted by atomic mass is 35.5. The summed E-state index contributed by atoms with van der Waals surface area (Å²) in [6.45, 7) is 1.66. The third-order valence-corrected chi connectivity index (χ3v) is 4.46. The standard InChI is InChI=1S/C16H14ClN3O4S/c1-10(25-14-7-5-13(6-8-14)20(23)24)15(21)18-19-16(22)11-3-2-4-12(17)9-11/h2-10H,1H3,(H,18,21)(H,19,22). The minimum Gasteiger partial charge on any atom is -0.272 e. The highest BCUT2D eigenvalue weighted by molar-refractivity contribution is 8.00. The zero-order valence-electron chi connectivity index (χ0n) is 13.1. The molecular weight excluding hydrogens is 366 g/mol. The van der Waals surface area contributed by atoms with Crippen LogP contribution in [0.3, 0.4) is 0 Å². The molecule has 2 rings (SSSR count). The maximum atomic E-state index is 12.0. The van der Waals surface area contributed by atoms with Crippen LogP contribution in [0.1, 0.15) is 17.3 Å². The number of nitrogens with one attached hydrogen (secondary N) is 2. The molecule has 2 aromatic carbocycles. The number of amides is 2.